The van der Waals surface area contributed by atoms with Crippen LogP contribution in [-0.2, 0) is 0 Å². The van der Waals surface area contributed by atoms with Gasteiger partial charge in [-0.25, -0.2) is 9.78 Å². The molecule has 0 aliphatic rings. The SMILES string of the molecule is Cc1ccc(-c2nc(Br)c(C(=O)O)s2)c(C)c1. The summed E-state index contributed by atoms with van der Waals surface area (Å²) >= 11 is 4.36. The molecule has 0 spiro atoms. The molecule has 17 heavy (non-hydrogen) atoms. The van der Waals surface area contributed by atoms with Crippen LogP contribution in [0.5, 0.6) is 0 Å². The fraction of sp³-hybridized carbons (Fsp3) is 0.167. The Kier molecular flexibility index (Phi) is 3.31. The van der Waals surface area contributed by atoms with Gasteiger partial charge in [0.05, 0.1) is 0 Å². The number of nitrogens with zero attached hydrogens (tertiary/aromatic N) is 1. The number of benzene rings is 1. The molecule has 0 bridgehead atoms. The van der Waals surface area contributed by atoms with Gasteiger partial charge in [0.15, 0.2) is 0 Å². The maximum Gasteiger partial charge on any atom is 0.348 e. The third-order valence-electron chi connectivity index (χ3n) is 2.39. The van der Waals surface area contributed by atoms with Gasteiger partial charge < -0.3 is 5.11 Å². The lowest BCUT2D eigenvalue weighted by atomic mass is 10.1. The monoisotopic (exact) mass is 311 g/mol. The highest BCUT2D eigenvalue weighted by molar-refractivity contribution is 9.10. The Hall–Kier alpha value is -1.20. The Labute approximate surface area is 111 Å². The zero-order valence-electron chi connectivity index (χ0n) is 9.32. The smallest absolute Gasteiger partial charge is 0.348 e. The van der Waals surface area contributed by atoms with E-state index in [1.54, 1.807) is 0 Å². The standard InChI is InChI=1S/C12H10BrNO2S/c1-6-3-4-8(7(2)5-6)11-14-10(13)9(17-11)12(15)16/h3-5H,1-2H3,(H,15,16). The van der Waals surface area contributed by atoms with Gasteiger partial charge in [-0.15, -0.1) is 11.3 Å². The van der Waals surface area contributed by atoms with Crippen molar-refractivity contribution in [2.45, 2.75) is 13.8 Å². The molecular weight excluding hydrogens is 302 g/mol. The molecule has 0 unspecified atom stereocenters. The van der Waals surface area contributed by atoms with E-state index < -0.39 is 5.97 Å². The van der Waals surface area contributed by atoms with Gasteiger partial charge in [0.1, 0.15) is 14.5 Å². The second-order valence-electron chi connectivity index (χ2n) is 3.76. The highest BCUT2D eigenvalue weighted by Gasteiger charge is 2.17. The van der Waals surface area contributed by atoms with Crippen molar-refractivity contribution in [1.29, 1.82) is 0 Å². The molecule has 2 rings (SSSR count). The van der Waals surface area contributed by atoms with Crippen molar-refractivity contribution in [1.82, 2.24) is 4.98 Å². The number of aromatic carboxylic acids is 1. The molecule has 0 atom stereocenters. The molecule has 1 aromatic heterocycles. The molecule has 3 nitrogen and oxygen atoms in total. The predicted molar refractivity (Wildman–Crippen MR) is 71.7 cm³/mol. The minimum Gasteiger partial charge on any atom is -0.477 e. The van der Waals surface area contributed by atoms with Gasteiger partial charge in [0.25, 0.3) is 0 Å². The van der Waals surface area contributed by atoms with Gasteiger partial charge in [0.2, 0.25) is 0 Å². The molecule has 0 aliphatic heterocycles. The van der Waals surface area contributed by atoms with E-state index in [0.717, 1.165) is 16.1 Å². The predicted octanol–water partition coefficient (Wildman–Crippen LogP) is 3.89. The van der Waals surface area contributed by atoms with Gasteiger partial charge >= 0.3 is 5.97 Å². The van der Waals surface area contributed by atoms with Crippen LogP contribution in [0.3, 0.4) is 0 Å². The maximum atomic E-state index is 10.9. The van der Waals surface area contributed by atoms with Crippen LogP contribution in [0.25, 0.3) is 10.6 Å². The number of carboxylic acids is 1. The summed E-state index contributed by atoms with van der Waals surface area (Å²) in [6.07, 6.45) is 0. The summed E-state index contributed by atoms with van der Waals surface area (Å²) in [5, 5.41) is 9.71. The number of carboxylic acid groups (broad SMARTS) is 1. The van der Waals surface area contributed by atoms with E-state index in [1.807, 2.05) is 26.0 Å². The highest BCUT2D eigenvalue weighted by atomic mass is 79.9. The molecule has 1 heterocycles. The summed E-state index contributed by atoms with van der Waals surface area (Å²) < 4.78 is 0.393. The van der Waals surface area contributed by atoms with Crippen molar-refractivity contribution >= 4 is 33.2 Å². The molecule has 5 heteroatoms. The van der Waals surface area contributed by atoms with Gasteiger partial charge in [0, 0.05) is 5.56 Å². The summed E-state index contributed by atoms with van der Waals surface area (Å²) in [5.41, 5.74) is 3.26. The molecule has 0 fully saturated rings. The lowest BCUT2D eigenvalue weighted by molar-refractivity contribution is 0.0701. The molecule has 0 saturated carbocycles. The number of carbonyl (C=O) groups is 1. The van der Waals surface area contributed by atoms with Crippen LogP contribution in [0, 0.1) is 13.8 Å². The average Bonchev–Trinajstić information content (AvgIpc) is 2.60. The number of aromatic nitrogens is 1. The molecule has 0 radical (unpaired) electrons. The first kappa shape index (κ1) is 12.3. The first-order chi connectivity index (χ1) is 7.99. The fourth-order valence-corrected chi connectivity index (χ4v) is 3.20. The van der Waals surface area contributed by atoms with Gasteiger partial charge in [-0.1, -0.05) is 23.8 Å². The van der Waals surface area contributed by atoms with E-state index in [2.05, 4.69) is 27.0 Å². The van der Waals surface area contributed by atoms with E-state index in [4.69, 9.17) is 5.11 Å². The molecule has 0 saturated heterocycles. The van der Waals surface area contributed by atoms with Gasteiger partial charge in [-0.05, 0) is 35.3 Å². The number of hydrogen-bond acceptors (Lipinski definition) is 3. The van der Waals surface area contributed by atoms with Crippen LogP contribution >= 0.6 is 27.3 Å². The normalized spacial score (nSPS) is 10.5. The largest absolute Gasteiger partial charge is 0.477 e. The topological polar surface area (TPSA) is 50.2 Å². The Morgan fingerprint density at radius 1 is 1.41 bits per heavy atom. The molecule has 1 aromatic carbocycles. The second kappa shape index (κ2) is 4.58. The number of hydrogen-bond donors (Lipinski definition) is 1. The zero-order valence-corrected chi connectivity index (χ0v) is 11.7. The van der Waals surface area contributed by atoms with Crippen LogP contribution in [-0.4, -0.2) is 16.1 Å². The van der Waals surface area contributed by atoms with Crippen LogP contribution in [0.1, 0.15) is 20.8 Å². The third kappa shape index (κ3) is 2.40. The van der Waals surface area contributed by atoms with Gasteiger partial charge in [-0.2, -0.15) is 0 Å². The van der Waals surface area contributed by atoms with Crippen LogP contribution in [0.2, 0.25) is 0 Å². The molecule has 2 aromatic rings. The maximum absolute atomic E-state index is 10.9. The Bertz CT molecular complexity index is 592. The summed E-state index contributed by atoms with van der Waals surface area (Å²) in [6.45, 7) is 4.02. The van der Waals surface area contributed by atoms with E-state index in [9.17, 15) is 4.79 Å². The van der Waals surface area contributed by atoms with Crippen molar-refractivity contribution in [3.05, 3.63) is 38.8 Å². The quantitative estimate of drug-likeness (QED) is 0.915. The summed E-state index contributed by atoms with van der Waals surface area (Å²) in [4.78, 5) is 15.4. The molecule has 0 amide bonds. The summed E-state index contributed by atoms with van der Waals surface area (Å²) in [7, 11) is 0. The highest BCUT2D eigenvalue weighted by Crippen LogP contribution is 2.33. The van der Waals surface area contributed by atoms with Crippen LogP contribution in [0.15, 0.2) is 22.8 Å². The van der Waals surface area contributed by atoms with E-state index >= 15 is 0 Å². The lowest BCUT2D eigenvalue weighted by Crippen LogP contribution is -1.91. The third-order valence-corrected chi connectivity index (χ3v) is 4.31. The number of aryl methyl sites for hydroxylation is 2. The number of thiazole rings is 1. The van der Waals surface area contributed by atoms with E-state index in [-0.39, 0.29) is 4.88 Å². The van der Waals surface area contributed by atoms with Crippen molar-refractivity contribution in [2.24, 2.45) is 0 Å². The van der Waals surface area contributed by atoms with Gasteiger partial charge in [-0.3, -0.25) is 0 Å². The Morgan fingerprint density at radius 2 is 2.12 bits per heavy atom. The van der Waals surface area contributed by atoms with Crippen LogP contribution in [0.4, 0.5) is 0 Å². The molecule has 88 valence electrons. The minimum absolute atomic E-state index is 0.236. The first-order valence-electron chi connectivity index (χ1n) is 4.96. The Balaban J connectivity index is 2.53. The van der Waals surface area contributed by atoms with Crippen molar-refractivity contribution < 1.29 is 9.90 Å². The minimum atomic E-state index is -0.953. The fourth-order valence-electron chi connectivity index (χ4n) is 1.60. The zero-order chi connectivity index (χ0) is 12.6. The van der Waals surface area contributed by atoms with E-state index in [1.165, 1.54) is 16.9 Å². The molecular formula is C12H10BrNO2S. The summed E-state index contributed by atoms with van der Waals surface area (Å²) in [5.74, 6) is -0.953. The van der Waals surface area contributed by atoms with E-state index in [0.29, 0.717) is 4.60 Å². The van der Waals surface area contributed by atoms with Crippen molar-refractivity contribution in [3.63, 3.8) is 0 Å². The number of rotatable bonds is 2. The number of halogens is 1. The van der Waals surface area contributed by atoms with Crippen molar-refractivity contribution in [3.8, 4) is 10.6 Å². The Morgan fingerprint density at radius 3 is 2.65 bits per heavy atom. The van der Waals surface area contributed by atoms with Crippen LogP contribution < -0.4 is 0 Å². The lowest BCUT2D eigenvalue weighted by Gasteiger charge is -2.02. The molecule has 0 aliphatic carbocycles. The first-order valence-corrected chi connectivity index (χ1v) is 6.57. The molecule has 1 N–H and O–H groups in total. The second-order valence-corrected chi connectivity index (χ2v) is 5.51. The average molecular weight is 312 g/mol. The summed E-state index contributed by atoms with van der Waals surface area (Å²) in [6, 6.07) is 6.03. The van der Waals surface area contributed by atoms with Crippen molar-refractivity contribution in [2.75, 3.05) is 0 Å².